The van der Waals surface area contributed by atoms with Gasteiger partial charge in [0, 0.05) is 48.3 Å². The molecule has 0 saturated carbocycles. The molecular formula is C31H35N7O6. The first kappa shape index (κ1) is 30.3. The number of rotatable bonds is 13. The molecule has 1 aliphatic heterocycles. The van der Waals surface area contributed by atoms with Crippen LogP contribution in [0.25, 0.3) is 10.9 Å². The van der Waals surface area contributed by atoms with Crippen LogP contribution in [0.3, 0.4) is 0 Å². The summed E-state index contributed by atoms with van der Waals surface area (Å²) in [4.78, 5) is 62.6. The number of fused-ring (bicyclic) bond motifs is 1. The van der Waals surface area contributed by atoms with Crippen molar-refractivity contribution < 1.29 is 29.4 Å². The Labute approximate surface area is 252 Å². The fourth-order valence-corrected chi connectivity index (χ4v) is 5.35. The largest absolute Gasteiger partial charge is 0.508 e. The molecule has 1 aliphatic rings. The number of hydrogen-bond donors (Lipinski definition) is 8. The van der Waals surface area contributed by atoms with Gasteiger partial charge < -0.3 is 41.4 Å². The van der Waals surface area contributed by atoms with Gasteiger partial charge in [-0.1, -0.05) is 30.3 Å². The molecule has 4 unspecified atom stereocenters. The highest BCUT2D eigenvalue weighted by Crippen LogP contribution is 2.19. The van der Waals surface area contributed by atoms with Crippen LogP contribution in [-0.2, 0) is 38.4 Å². The number of nitrogens with one attached hydrogen (secondary N) is 6. The van der Waals surface area contributed by atoms with Gasteiger partial charge in [0.2, 0.25) is 17.7 Å². The van der Waals surface area contributed by atoms with Crippen molar-refractivity contribution >= 4 is 34.6 Å². The van der Waals surface area contributed by atoms with Crippen LogP contribution in [0, 0.1) is 0 Å². The highest BCUT2D eigenvalue weighted by atomic mass is 16.4. The van der Waals surface area contributed by atoms with Crippen LogP contribution in [0.2, 0.25) is 0 Å². The van der Waals surface area contributed by atoms with E-state index in [9.17, 15) is 29.4 Å². The third-order valence-electron chi connectivity index (χ3n) is 7.71. The van der Waals surface area contributed by atoms with Crippen LogP contribution in [0.1, 0.15) is 29.7 Å². The first-order valence-electron chi connectivity index (χ1n) is 14.4. The number of imidazole rings is 1. The Bertz CT molecular complexity index is 1600. The second-order valence-corrected chi connectivity index (χ2v) is 10.9. The first-order valence-corrected chi connectivity index (χ1v) is 14.4. The number of carbonyl (C=O) groups is 4. The fraction of sp³-hybridized carbons (Fsp3) is 0.323. The highest BCUT2D eigenvalue weighted by Gasteiger charge is 2.32. The molecule has 0 aliphatic carbocycles. The number of aromatic amines is 2. The lowest BCUT2D eigenvalue weighted by Gasteiger charge is -2.25. The summed E-state index contributed by atoms with van der Waals surface area (Å²) in [5, 5.41) is 31.8. The molecule has 0 bridgehead atoms. The molecule has 0 spiro atoms. The van der Waals surface area contributed by atoms with Crippen LogP contribution < -0.4 is 21.3 Å². The summed E-state index contributed by atoms with van der Waals surface area (Å²) in [5.41, 5.74) is 2.79. The molecule has 2 aromatic heterocycles. The Hall–Kier alpha value is -5.17. The molecule has 3 heterocycles. The smallest absolute Gasteiger partial charge is 0.326 e. The SMILES string of the molecule is O=C(O)C(Cc1c[nH]c2ccccc12)NC(=O)C(Cc1ccc(O)cc1)NC(=O)C(Cc1cnc[nH]1)NC(=O)C1CCCN1. The summed E-state index contributed by atoms with van der Waals surface area (Å²) < 4.78 is 0. The highest BCUT2D eigenvalue weighted by molar-refractivity contribution is 5.94. The van der Waals surface area contributed by atoms with Gasteiger partial charge >= 0.3 is 5.97 Å². The Morgan fingerprint density at radius 1 is 0.886 bits per heavy atom. The minimum atomic E-state index is -1.28. The standard InChI is InChI=1S/C31H35N7O6/c39-21-9-7-18(8-10-21)12-25(29(41)38-27(31(43)44)13-19-15-34-23-5-2-1-4-22(19)23)36-30(42)26(14-20-16-32-17-35-20)37-28(40)24-6-3-11-33-24/h1-2,4-5,7-10,15-17,24-27,33-34,39H,3,6,11-14H2,(H,32,35)(H,36,42)(H,37,40)(H,38,41)(H,43,44). The molecule has 4 aromatic rings. The van der Waals surface area contributed by atoms with E-state index in [0.29, 0.717) is 24.2 Å². The zero-order valence-corrected chi connectivity index (χ0v) is 23.9. The quantitative estimate of drug-likeness (QED) is 0.110. The number of phenols is 1. The summed E-state index contributed by atoms with van der Waals surface area (Å²) in [6, 6.07) is 9.64. The normalized spacial score (nSPS) is 16.6. The van der Waals surface area contributed by atoms with Gasteiger partial charge in [0.25, 0.3) is 0 Å². The molecule has 13 heteroatoms. The number of para-hydroxylation sites is 1. The zero-order chi connectivity index (χ0) is 31.1. The van der Waals surface area contributed by atoms with E-state index in [1.54, 1.807) is 24.5 Å². The minimum Gasteiger partial charge on any atom is -0.508 e. The van der Waals surface area contributed by atoms with Crippen LogP contribution in [0.15, 0.2) is 67.3 Å². The van der Waals surface area contributed by atoms with Crippen molar-refractivity contribution in [1.29, 1.82) is 0 Å². The molecule has 1 saturated heterocycles. The van der Waals surface area contributed by atoms with E-state index in [2.05, 4.69) is 36.2 Å². The molecule has 4 atom stereocenters. The van der Waals surface area contributed by atoms with Crippen molar-refractivity contribution in [2.45, 2.75) is 56.3 Å². The number of phenolic OH excluding ortho intramolecular Hbond substituents is 1. The number of amides is 3. The van der Waals surface area contributed by atoms with Crippen molar-refractivity contribution in [3.8, 4) is 5.75 Å². The molecule has 2 aromatic carbocycles. The van der Waals surface area contributed by atoms with Gasteiger partial charge in [0.1, 0.15) is 23.9 Å². The van der Waals surface area contributed by atoms with E-state index in [0.717, 1.165) is 22.9 Å². The number of benzene rings is 2. The average Bonchev–Trinajstić information content (AvgIpc) is 3.80. The Morgan fingerprint density at radius 3 is 2.30 bits per heavy atom. The number of hydrogen-bond acceptors (Lipinski definition) is 7. The van der Waals surface area contributed by atoms with E-state index >= 15 is 0 Å². The number of carboxylic acid groups (broad SMARTS) is 1. The Morgan fingerprint density at radius 2 is 1.61 bits per heavy atom. The average molecular weight is 602 g/mol. The van der Waals surface area contributed by atoms with Crippen LogP contribution >= 0.6 is 0 Å². The van der Waals surface area contributed by atoms with E-state index in [1.165, 1.54) is 18.5 Å². The number of aliphatic carboxylic acids is 1. The predicted octanol–water partition coefficient (Wildman–Crippen LogP) is 0.916. The predicted molar refractivity (Wildman–Crippen MR) is 161 cm³/mol. The van der Waals surface area contributed by atoms with Crippen molar-refractivity contribution in [3.05, 3.63) is 84.1 Å². The van der Waals surface area contributed by atoms with Crippen molar-refractivity contribution in [1.82, 2.24) is 36.2 Å². The van der Waals surface area contributed by atoms with Gasteiger partial charge in [0.15, 0.2) is 0 Å². The van der Waals surface area contributed by atoms with Crippen LogP contribution in [0.5, 0.6) is 5.75 Å². The van der Waals surface area contributed by atoms with Crippen LogP contribution in [0.4, 0.5) is 0 Å². The number of H-pyrrole nitrogens is 2. The summed E-state index contributed by atoms with van der Waals surface area (Å²) in [5.74, 6) is -2.85. The summed E-state index contributed by atoms with van der Waals surface area (Å²) in [6.45, 7) is 0.702. The van der Waals surface area contributed by atoms with E-state index in [-0.39, 0.29) is 30.9 Å². The number of aromatic nitrogens is 3. The monoisotopic (exact) mass is 601 g/mol. The second-order valence-electron chi connectivity index (χ2n) is 10.9. The lowest BCUT2D eigenvalue weighted by molar-refractivity contribution is -0.142. The molecule has 3 amide bonds. The maximum absolute atomic E-state index is 13.7. The van der Waals surface area contributed by atoms with Crippen LogP contribution in [-0.4, -0.2) is 79.6 Å². The summed E-state index contributed by atoms with van der Waals surface area (Å²) in [6.07, 6.45) is 6.32. The number of aromatic hydroxyl groups is 1. The third-order valence-corrected chi connectivity index (χ3v) is 7.71. The summed E-state index contributed by atoms with van der Waals surface area (Å²) in [7, 11) is 0. The number of carbonyl (C=O) groups excluding carboxylic acids is 3. The van der Waals surface area contributed by atoms with Gasteiger partial charge in [-0.15, -0.1) is 0 Å². The molecule has 8 N–H and O–H groups in total. The van der Waals surface area contributed by atoms with Gasteiger partial charge in [0.05, 0.1) is 12.4 Å². The minimum absolute atomic E-state index is 0.00613. The van der Waals surface area contributed by atoms with Crippen molar-refractivity contribution in [2.75, 3.05) is 6.54 Å². The van der Waals surface area contributed by atoms with E-state index in [1.807, 2.05) is 24.3 Å². The molecule has 13 nitrogen and oxygen atoms in total. The molecule has 0 radical (unpaired) electrons. The zero-order valence-electron chi connectivity index (χ0n) is 23.9. The van der Waals surface area contributed by atoms with Crippen molar-refractivity contribution in [2.24, 2.45) is 0 Å². The number of carboxylic acids is 1. The maximum Gasteiger partial charge on any atom is 0.326 e. The molecule has 1 fully saturated rings. The fourth-order valence-electron chi connectivity index (χ4n) is 5.35. The van der Waals surface area contributed by atoms with Gasteiger partial charge in [-0.25, -0.2) is 9.78 Å². The van der Waals surface area contributed by atoms with Gasteiger partial charge in [-0.2, -0.15) is 0 Å². The second kappa shape index (κ2) is 13.9. The summed E-state index contributed by atoms with van der Waals surface area (Å²) >= 11 is 0. The third kappa shape index (κ3) is 7.61. The van der Waals surface area contributed by atoms with Gasteiger partial charge in [-0.05, 0) is 48.7 Å². The van der Waals surface area contributed by atoms with Crippen molar-refractivity contribution in [3.63, 3.8) is 0 Å². The van der Waals surface area contributed by atoms with Gasteiger partial charge in [-0.3, -0.25) is 14.4 Å². The maximum atomic E-state index is 13.7. The Kier molecular flexibility index (Phi) is 9.55. The lowest BCUT2D eigenvalue weighted by Crippen LogP contribution is -2.58. The lowest BCUT2D eigenvalue weighted by atomic mass is 10.0. The molecule has 5 rings (SSSR count). The molecular weight excluding hydrogens is 566 g/mol. The molecule has 44 heavy (non-hydrogen) atoms. The van der Waals surface area contributed by atoms with E-state index < -0.39 is 42.0 Å². The topological polar surface area (TPSA) is 201 Å². The van der Waals surface area contributed by atoms with E-state index in [4.69, 9.17) is 0 Å². The Balaban J connectivity index is 1.35. The first-order chi connectivity index (χ1) is 21.3. The molecule has 230 valence electrons. The number of nitrogens with zero attached hydrogens (tertiary/aromatic N) is 1.